The highest BCUT2D eigenvalue weighted by Gasteiger charge is 2.40. The number of benzene rings is 1. The predicted molar refractivity (Wildman–Crippen MR) is 82.4 cm³/mol. The average Bonchev–Trinajstić information content (AvgIpc) is 2.50. The molecule has 1 aliphatic rings. The molecule has 0 aliphatic heterocycles. The zero-order valence-corrected chi connectivity index (χ0v) is 13.2. The van der Waals surface area contributed by atoms with E-state index in [1.807, 2.05) is 20.2 Å². The fraction of sp³-hybridized carbons (Fsp3) is 0.647. The van der Waals surface area contributed by atoms with Gasteiger partial charge in [0.2, 0.25) is 0 Å². The van der Waals surface area contributed by atoms with Gasteiger partial charge < -0.3 is 14.8 Å². The van der Waals surface area contributed by atoms with E-state index in [9.17, 15) is 0 Å². The van der Waals surface area contributed by atoms with Crippen molar-refractivity contribution >= 4 is 0 Å². The van der Waals surface area contributed by atoms with E-state index >= 15 is 0 Å². The lowest BCUT2D eigenvalue weighted by Crippen LogP contribution is -2.46. The van der Waals surface area contributed by atoms with Crippen LogP contribution in [0.3, 0.4) is 0 Å². The van der Waals surface area contributed by atoms with Gasteiger partial charge in [-0.2, -0.15) is 0 Å². The van der Waals surface area contributed by atoms with E-state index in [0.29, 0.717) is 0 Å². The Kier molecular flexibility index (Phi) is 5.06. The number of nitrogens with one attached hydrogen (secondary N) is 1. The summed E-state index contributed by atoms with van der Waals surface area (Å²) < 4.78 is 11.3. The van der Waals surface area contributed by atoms with Gasteiger partial charge in [-0.1, -0.05) is 25.3 Å². The van der Waals surface area contributed by atoms with E-state index in [0.717, 1.165) is 18.6 Å². The summed E-state index contributed by atoms with van der Waals surface area (Å²) in [5.74, 6) is 0.913. The van der Waals surface area contributed by atoms with Crippen molar-refractivity contribution in [2.24, 2.45) is 0 Å². The minimum atomic E-state index is -0.0770. The molecule has 2 rings (SSSR count). The van der Waals surface area contributed by atoms with Crippen molar-refractivity contribution < 1.29 is 9.47 Å². The van der Waals surface area contributed by atoms with Crippen LogP contribution in [0.25, 0.3) is 0 Å². The number of hydrogen-bond acceptors (Lipinski definition) is 3. The standard InChI is InChI=1S/C17H27NO2/c1-13-12-14(19-3)8-9-15(13)16(18-2)17(20-4)10-6-5-7-11-17/h8-9,12,16,18H,5-7,10-11H2,1-4H3. The van der Waals surface area contributed by atoms with Crippen LogP contribution in [0.15, 0.2) is 18.2 Å². The summed E-state index contributed by atoms with van der Waals surface area (Å²) in [4.78, 5) is 0. The van der Waals surface area contributed by atoms with Crippen LogP contribution in [0.2, 0.25) is 0 Å². The summed E-state index contributed by atoms with van der Waals surface area (Å²) in [5.41, 5.74) is 2.49. The molecule has 0 bridgehead atoms. The highest BCUT2D eigenvalue weighted by Crippen LogP contribution is 2.42. The summed E-state index contributed by atoms with van der Waals surface area (Å²) >= 11 is 0. The van der Waals surface area contributed by atoms with Crippen molar-refractivity contribution in [3.8, 4) is 5.75 Å². The Morgan fingerprint density at radius 1 is 1.15 bits per heavy atom. The maximum Gasteiger partial charge on any atom is 0.119 e. The second-order valence-corrected chi connectivity index (χ2v) is 5.77. The zero-order valence-electron chi connectivity index (χ0n) is 13.2. The number of methoxy groups -OCH3 is 2. The SMILES string of the molecule is CNC(c1ccc(OC)cc1C)C1(OC)CCCCC1. The first kappa shape index (κ1) is 15.3. The Labute approximate surface area is 122 Å². The van der Waals surface area contributed by atoms with Gasteiger partial charge in [0.1, 0.15) is 5.75 Å². The quantitative estimate of drug-likeness (QED) is 0.892. The highest BCUT2D eigenvalue weighted by atomic mass is 16.5. The fourth-order valence-corrected chi connectivity index (χ4v) is 3.56. The molecule has 3 heteroatoms. The number of rotatable bonds is 5. The van der Waals surface area contributed by atoms with Gasteiger partial charge >= 0.3 is 0 Å². The van der Waals surface area contributed by atoms with Crippen LogP contribution in [0.1, 0.15) is 49.3 Å². The van der Waals surface area contributed by atoms with Gasteiger partial charge in [-0.05, 0) is 50.1 Å². The first-order valence-corrected chi connectivity index (χ1v) is 7.54. The Morgan fingerprint density at radius 2 is 1.85 bits per heavy atom. The van der Waals surface area contributed by atoms with Crippen LogP contribution < -0.4 is 10.1 Å². The van der Waals surface area contributed by atoms with Crippen molar-refractivity contribution in [1.82, 2.24) is 5.32 Å². The molecule has 0 heterocycles. The molecule has 0 radical (unpaired) electrons. The van der Waals surface area contributed by atoms with Gasteiger partial charge in [0.05, 0.1) is 18.8 Å². The highest BCUT2D eigenvalue weighted by molar-refractivity contribution is 5.38. The lowest BCUT2D eigenvalue weighted by atomic mass is 9.76. The molecule has 1 atom stereocenters. The lowest BCUT2D eigenvalue weighted by Gasteiger charge is -2.43. The molecular weight excluding hydrogens is 250 g/mol. The molecule has 1 unspecified atom stereocenters. The van der Waals surface area contributed by atoms with Crippen molar-refractivity contribution in [3.63, 3.8) is 0 Å². The molecule has 0 spiro atoms. The Bertz CT molecular complexity index is 439. The van der Waals surface area contributed by atoms with Crippen molar-refractivity contribution in [2.45, 2.75) is 50.7 Å². The second kappa shape index (κ2) is 6.59. The first-order chi connectivity index (χ1) is 9.66. The van der Waals surface area contributed by atoms with Crippen LogP contribution in [0.5, 0.6) is 5.75 Å². The minimum Gasteiger partial charge on any atom is -0.497 e. The van der Waals surface area contributed by atoms with Crippen LogP contribution in [0.4, 0.5) is 0 Å². The van der Waals surface area contributed by atoms with Crippen molar-refractivity contribution in [3.05, 3.63) is 29.3 Å². The Hall–Kier alpha value is -1.06. The zero-order chi connectivity index (χ0) is 14.6. The molecule has 1 aliphatic carbocycles. The van der Waals surface area contributed by atoms with Crippen LogP contribution >= 0.6 is 0 Å². The number of likely N-dealkylation sites (N-methyl/N-ethyl adjacent to an activating group) is 1. The van der Waals surface area contributed by atoms with Gasteiger partial charge in [0.25, 0.3) is 0 Å². The van der Waals surface area contributed by atoms with Crippen LogP contribution in [0, 0.1) is 6.92 Å². The maximum atomic E-state index is 6.00. The smallest absolute Gasteiger partial charge is 0.119 e. The second-order valence-electron chi connectivity index (χ2n) is 5.77. The van der Waals surface area contributed by atoms with E-state index in [1.54, 1.807) is 7.11 Å². The van der Waals surface area contributed by atoms with Gasteiger partial charge in [-0.25, -0.2) is 0 Å². The van der Waals surface area contributed by atoms with E-state index in [4.69, 9.17) is 9.47 Å². The van der Waals surface area contributed by atoms with E-state index in [2.05, 4.69) is 24.4 Å². The van der Waals surface area contributed by atoms with Crippen LogP contribution in [-0.4, -0.2) is 26.9 Å². The third-order valence-electron chi connectivity index (χ3n) is 4.71. The summed E-state index contributed by atoms with van der Waals surface area (Å²) in [7, 11) is 5.60. The molecule has 1 aromatic rings. The van der Waals surface area contributed by atoms with Gasteiger partial charge in [0.15, 0.2) is 0 Å². The summed E-state index contributed by atoms with van der Waals surface area (Å²) in [6.07, 6.45) is 6.08. The molecule has 112 valence electrons. The summed E-state index contributed by atoms with van der Waals surface area (Å²) in [6, 6.07) is 6.55. The topological polar surface area (TPSA) is 30.5 Å². The lowest BCUT2D eigenvalue weighted by molar-refractivity contribution is -0.0672. The molecule has 1 fully saturated rings. The molecule has 20 heavy (non-hydrogen) atoms. The molecule has 0 saturated heterocycles. The number of aryl methyl sites for hydroxylation is 1. The van der Waals surface area contributed by atoms with Gasteiger partial charge in [-0.3, -0.25) is 0 Å². The summed E-state index contributed by atoms with van der Waals surface area (Å²) in [5, 5.41) is 3.49. The number of ether oxygens (including phenoxy) is 2. The van der Waals surface area contributed by atoms with Crippen molar-refractivity contribution in [1.29, 1.82) is 0 Å². The van der Waals surface area contributed by atoms with E-state index < -0.39 is 0 Å². The molecule has 1 saturated carbocycles. The van der Waals surface area contributed by atoms with Crippen LogP contribution in [-0.2, 0) is 4.74 Å². The largest absolute Gasteiger partial charge is 0.497 e. The predicted octanol–water partition coefficient (Wildman–Crippen LogP) is 3.61. The maximum absolute atomic E-state index is 6.00. The number of hydrogen-bond donors (Lipinski definition) is 1. The van der Waals surface area contributed by atoms with E-state index in [-0.39, 0.29) is 11.6 Å². The van der Waals surface area contributed by atoms with Gasteiger partial charge in [-0.15, -0.1) is 0 Å². The fourth-order valence-electron chi connectivity index (χ4n) is 3.56. The third-order valence-corrected chi connectivity index (χ3v) is 4.71. The first-order valence-electron chi connectivity index (χ1n) is 7.54. The molecule has 1 aromatic carbocycles. The van der Waals surface area contributed by atoms with Gasteiger partial charge in [0, 0.05) is 7.11 Å². The minimum absolute atomic E-state index is 0.0770. The Morgan fingerprint density at radius 3 is 2.35 bits per heavy atom. The average molecular weight is 277 g/mol. The normalized spacial score (nSPS) is 19.6. The Balaban J connectivity index is 2.35. The molecule has 1 N–H and O–H groups in total. The molecule has 0 aromatic heterocycles. The molecular formula is C17H27NO2. The summed E-state index contributed by atoms with van der Waals surface area (Å²) in [6.45, 7) is 2.15. The van der Waals surface area contributed by atoms with Crippen molar-refractivity contribution in [2.75, 3.05) is 21.3 Å². The molecule has 3 nitrogen and oxygen atoms in total. The van der Waals surface area contributed by atoms with E-state index in [1.165, 1.54) is 30.4 Å². The molecule has 0 amide bonds. The third kappa shape index (κ3) is 2.84. The monoisotopic (exact) mass is 277 g/mol.